The molecule has 1 amide bonds. The molecule has 2 N–H and O–H groups in total. The zero-order valence-electron chi connectivity index (χ0n) is 10.3. The Kier molecular flexibility index (Phi) is 3.97. The molecular weight excluding hydrogens is 250 g/mol. The van der Waals surface area contributed by atoms with Gasteiger partial charge in [0.15, 0.2) is 5.82 Å². The van der Waals surface area contributed by atoms with Gasteiger partial charge in [0.05, 0.1) is 12.7 Å². The lowest BCUT2D eigenvalue weighted by Crippen LogP contribution is -2.26. The van der Waals surface area contributed by atoms with E-state index in [-0.39, 0.29) is 17.2 Å². The standard InChI is InChI=1S/C12H13N3O4/c1-18-8-2-3-10(16)9(6-8)12(17)13-5-4-11-14-7-19-15-11/h2-3,6-7,16H,4-5H2,1H3,(H,13,17). The van der Waals surface area contributed by atoms with Gasteiger partial charge in [-0.15, -0.1) is 0 Å². The molecule has 1 aromatic carbocycles. The van der Waals surface area contributed by atoms with Gasteiger partial charge in [-0.1, -0.05) is 5.16 Å². The van der Waals surface area contributed by atoms with Crippen LogP contribution < -0.4 is 10.1 Å². The minimum absolute atomic E-state index is 0.0992. The Morgan fingerprint density at radius 1 is 1.53 bits per heavy atom. The summed E-state index contributed by atoms with van der Waals surface area (Å²) in [5.74, 6) is 0.522. The number of phenols is 1. The molecule has 7 nitrogen and oxygen atoms in total. The summed E-state index contributed by atoms with van der Waals surface area (Å²) < 4.78 is 9.58. The first-order valence-corrected chi connectivity index (χ1v) is 5.61. The molecule has 1 heterocycles. The number of phenolic OH excluding ortho intramolecular Hbond substituents is 1. The summed E-state index contributed by atoms with van der Waals surface area (Å²) in [4.78, 5) is 15.7. The van der Waals surface area contributed by atoms with Crippen LogP contribution in [0.15, 0.2) is 29.1 Å². The van der Waals surface area contributed by atoms with Crippen LogP contribution in [0.2, 0.25) is 0 Å². The number of carbonyl (C=O) groups excluding carboxylic acids is 1. The average molecular weight is 263 g/mol. The molecule has 0 spiro atoms. The molecule has 0 fully saturated rings. The van der Waals surface area contributed by atoms with Gasteiger partial charge in [0.1, 0.15) is 11.5 Å². The van der Waals surface area contributed by atoms with Crippen molar-refractivity contribution in [2.24, 2.45) is 0 Å². The van der Waals surface area contributed by atoms with Crippen LogP contribution in [0.5, 0.6) is 11.5 Å². The number of hydrogen-bond acceptors (Lipinski definition) is 6. The summed E-state index contributed by atoms with van der Waals surface area (Å²) in [5, 5.41) is 15.9. The first kappa shape index (κ1) is 12.9. The smallest absolute Gasteiger partial charge is 0.255 e. The maximum Gasteiger partial charge on any atom is 0.255 e. The fourth-order valence-electron chi connectivity index (χ4n) is 1.51. The van der Waals surface area contributed by atoms with Gasteiger partial charge < -0.3 is 19.7 Å². The Bertz CT molecular complexity index is 554. The van der Waals surface area contributed by atoms with Crippen molar-refractivity contribution in [3.63, 3.8) is 0 Å². The van der Waals surface area contributed by atoms with Crippen LogP contribution in [0.3, 0.4) is 0 Å². The molecule has 0 bridgehead atoms. The lowest BCUT2D eigenvalue weighted by Gasteiger charge is -2.07. The molecule has 0 unspecified atom stereocenters. The molecule has 2 aromatic rings. The van der Waals surface area contributed by atoms with Gasteiger partial charge >= 0.3 is 0 Å². The number of amides is 1. The summed E-state index contributed by atoms with van der Waals surface area (Å²) in [6.07, 6.45) is 1.68. The highest BCUT2D eigenvalue weighted by Crippen LogP contribution is 2.22. The number of methoxy groups -OCH3 is 1. The number of hydrogen-bond donors (Lipinski definition) is 2. The summed E-state index contributed by atoms with van der Waals surface area (Å²) in [5.41, 5.74) is 0.160. The van der Waals surface area contributed by atoms with Gasteiger partial charge in [0, 0.05) is 13.0 Å². The first-order chi connectivity index (χ1) is 9.20. The van der Waals surface area contributed by atoms with E-state index in [9.17, 15) is 9.90 Å². The van der Waals surface area contributed by atoms with E-state index in [1.54, 1.807) is 6.07 Å². The van der Waals surface area contributed by atoms with E-state index in [1.807, 2.05) is 0 Å². The quantitative estimate of drug-likeness (QED) is 0.826. The topological polar surface area (TPSA) is 97.5 Å². The van der Waals surface area contributed by atoms with E-state index in [0.29, 0.717) is 24.5 Å². The van der Waals surface area contributed by atoms with Crippen molar-refractivity contribution in [3.05, 3.63) is 36.0 Å². The number of nitrogens with zero attached hydrogens (tertiary/aromatic N) is 2. The molecular formula is C12H13N3O4. The Balaban J connectivity index is 1.95. The maximum atomic E-state index is 11.9. The third-order valence-corrected chi connectivity index (χ3v) is 2.49. The second-order valence-corrected chi connectivity index (χ2v) is 3.74. The van der Waals surface area contributed by atoms with Crippen molar-refractivity contribution in [2.45, 2.75) is 6.42 Å². The Labute approximate surface area is 109 Å². The highest BCUT2D eigenvalue weighted by atomic mass is 16.5. The minimum atomic E-state index is -0.389. The van der Waals surface area contributed by atoms with E-state index >= 15 is 0 Å². The van der Waals surface area contributed by atoms with E-state index in [4.69, 9.17) is 4.74 Å². The van der Waals surface area contributed by atoms with E-state index in [1.165, 1.54) is 25.6 Å². The molecule has 19 heavy (non-hydrogen) atoms. The van der Waals surface area contributed by atoms with Gasteiger partial charge in [-0.25, -0.2) is 0 Å². The van der Waals surface area contributed by atoms with Gasteiger partial charge in [-0.2, -0.15) is 4.98 Å². The van der Waals surface area contributed by atoms with Crippen molar-refractivity contribution in [1.29, 1.82) is 0 Å². The van der Waals surface area contributed by atoms with Crippen LogP contribution in [-0.2, 0) is 6.42 Å². The number of carbonyl (C=O) groups is 1. The Morgan fingerprint density at radius 2 is 2.37 bits per heavy atom. The van der Waals surface area contributed by atoms with Gasteiger partial charge in [-0.05, 0) is 18.2 Å². The van der Waals surface area contributed by atoms with Crippen LogP contribution in [-0.4, -0.2) is 34.8 Å². The molecule has 0 saturated heterocycles. The molecule has 0 atom stereocenters. The third-order valence-electron chi connectivity index (χ3n) is 2.49. The second-order valence-electron chi connectivity index (χ2n) is 3.74. The van der Waals surface area contributed by atoms with E-state index in [2.05, 4.69) is 20.0 Å². The van der Waals surface area contributed by atoms with Crippen molar-refractivity contribution in [1.82, 2.24) is 15.5 Å². The van der Waals surface area contributed by atoms with Crippen LogP contribution in [0, 0.1) is 0 Å². The number of ether oxygens (including phenoxy) is 1. The van der Waals surface area contributed by atoms with Gasteiger partial charge in [-0.3, -0.25) is 4.79 Å². The minimum Gasteiger partial charge on any atom is -0.507 e. The van der Waals surface area contributed by atoms with E-state index < -0.39 is 0 Å². The Hall–Kier alpha value is -2.57. The number of rotatable bonds is 5. The summed E-state index contributed by atoms with van der Waals surface area (Å²) in [6.45, 7) is 0.342. The third kappa shape index (κ3) is 3.21. The van der Waals surface area contributed by atoms with Crippen LogP contribution in [0.25, 0.3) is 0 Å². The van der Waals surface area contributed by atoms with Crippen molar-refractivity contribution in [3.8, 4) is 11.5 Å². The first-order valence-electron chi connectivity index (χ1n) is 5.61. The van der Waals surface area contributed by atoms with Crippen molar-refractivity contribution in [2.75, 3.05) is 13.7 Å². The number of aromatic hydroxyl groups is 1. The summed E-state index contributed by atoms with van der Waals surface area (Å²) >= 11 is 0. The van der Waals surface area contributed by atoms with Gasteiger partial charge in [0.25, 0.3) is 5.91 Å². The lowest BCUT2D eigenvalue weighted by molar-refractivity contribution is 0.0951. The fourth-order valence-corrected chi connectivity index (χ4v) is 1.51. The molecule has 100 valence electrons. The highest BCUT2D eigenvalue weighted by molar-refractivity contribution is 5.97. The second kappa shape index (κ2) is 5.85. The number of nitrogens with one attached hydrogen (secondary N) is 1. The number of aromatic nitrogens is 2. The van der Waals surface area contributed by atoms with Gasteiger partial charge in [0.2, 0.25) is 6.39 Å². The van der Waals surface area contributed by atoms with E-state index in [0.717, 1.165) is 0 Å². The largest absolute Gasteiger partial charge is 0.507 e. The predicted octanol–water partition coefficient (Wildman–Crippen LogP) is 0.756. The molecule has 0 aliphatic carbocycles. The van der Waals surface area contributed by atoms with Crippen LogP contribution in [0.4, 0.5) is 0 Å². The fraction of sp³-hybridized carbons (Fsp3) is 0.250. The number of benzene rings is 1. The van der Waals surface area contributed by atoms with Crippen molar-refractivity contribution < 1.29 is 19.2 Å². The van der Waals surface area contributed by atoms with Crippen LogP contribution >= 0.6 is 0 Å². The molecule has 0 saturated carbocycles. The predicted molar refractivity (Wildman–Crippen MR) is 65.0 cm³/mol. The maximum absolute atomic E-state index is 11.9. The van der Waals surface area contributed by atoms with Crippen molar-refractivity contribution >= 4 is 5.91 Å². The Morgan fingerprint density at radius 3 is 3.05 bits per heavy atom. The zero-order valence-corrected chi connectivity index (χ0v) is 10.3. The average Bonchev–Trinajstić information content (AvgIpc) is 2.92. The highest BCUT2D eigenvalue weighted by Gasteiger charge is 2.12. The van der Waals surface area contributed by atoms with Crippen LogP contribution in [0.1, 0.15) is 16.2 Å². The molecule has 0 aliphatic rings. The molecule has 7 heteroatoms. The molecule has 0 radical (unpaired) electrons. The summed E-state index contributed by atoms with van der Waals surface area (Å²) in [6, 6.07) is 4.46. The SMILES string of the molecule is COc1ccc(O)c(C(=O)NCCc2ncon2)c1. The molecule has 2 rings (SSSR count). The monoisotopic (exact) mass is 263 g/mol. The molecule has 0 aliphatic heterocycles. The zero-order chi connectivity index (χ0) is 13.7. The lowest BCUT2D eigenvalue weighted by atomic mass is 10.1. The normalized spacial score (nSPS) is 10.2. The summed E-state index contributed by atoms with van der Waals surface area (Å²) in [7, 11) is 1.49. The molecule has 1 aromatic heterocycles.